The van der Waals surface area contributed by atoms with Crippen LogP contribution < -0.4 is 5.73 Å². The van der Waals surface area contributed by atoms with E-state index in [-0.39, 0.29) is 11.4 Å². The highest BCUT2D eigenvalue weighted by molar-refractivity contribution is 5.64. The lowest BCUT2D eigenvalue weighted by Crippen LogP contribution is -2.28. The standard InChI is InChI=1S/C16H15F4N/c1-2-10-9-13(7-8-14(10)17)11-3-5-12(6-4-11)15(21)16(18,19)20/h3-9,15H,2,21H2,1H3. The normalized spacial score (nSPS) is 13.2. The van der Waals surface area contributed by atoms with Gasteiger partial charge in [-0.05, 0) is 40.8 Å². The summed E-state index contributed by atoms with van der Waals surface area (Å²) in [6.07, 6.45) is -3.91. The summed E-state index contributed by atoms with van der Waals surface area (Å²) < 4.78 is 51.0. The van der Waals surface area contributed by atoms with Gasteiger partial charge in [0.2, 0.25) is 0 Å². The molecule has 0 fully saturated rings. The second-order valence-corrected chi connectivity index (χ2v) is 4.80. The maximum absolute atomic E-state index is 13.4. The highest BCUT2D eigenvalue weighted by atomic mass is 19.4. The van der Waals surface area contributed by atoms with Crippen molar-refractivity contribution >= 4 is 0 Å². The van der Waals surface area contributed by atoms with E-state index in [2.05, 4.69) is 0 Å². The Bertz CT molecular complexity index is 617. The van der Waals surface area contributed by atoms with Crippen LogP contribution in [-0.2, 0) is 6.42 Å². The van der Waals surface area contributed by atoms with E-state index in [1.54, 1.807) is 24.3 Å². The van der Waals surface area contributed by atoms with Crippen LogP contribution in [0.1, 0.15) is 24.1 Å². The number of nitrogens with two attached hydrogens (primary N) is 1. The SMILES string of the molecule is CCc1cc(-c2ccc(C(N)C(F)(F)F)cc2)ccc1F. The number of alkyl halides is 3. The predicted molar refractivity (Wildman–Crippen MR) is 74.2 cm³/mol. The number of hydrogen-bond donors (Lipinski definition) is 1. The summed E-state index contributed by atoms with van der Waals surface area (Å²) in [5.74, 6) is -0.281. The van der Waals surface area contributed by atoms with Crippen LogP contribution in [0.2, 0.25) is 0 Å². The minimum absolute atomic E-state index is 0.00377. The molecule has 1 unspecified atom stereocenters. The summed E-state index contributed by atoms with van der Waals surface area (Å²) in [6.45, 7) is 1.84. The number of hydrogen-bond acceptors (Lipinski definition) is 1. The van der Waals surface area contributed by atoms with Crippen molar-refractivity contribution in [2.45, 2.75) is 25.6 Å². The fraction of sp³-hybridized carbons (Fsp3) is 0.250. The first-order chi connectivity index (χ1) is 9.82. The van der Waals surface area contributed by atoms with Gasteiger partial charge in [0, 0.05) is 0 Å². The average Bonchev–Trinajstić information content (AvgIpc) is 2.46. The lowest BCUT2D eigenvalue weighted by molar-refractivity contribution is -0.149. The smallest absolute Gasteiger partial charge is 0.316 e. The molecule has 0 amide bonds. The molecular weight excluding hydrogens is 282 g/mol. The summed E-state index contributed by atoms with van der Waals surface area (Å²) >= 11 is 0. The van der Waals surface area contributed by atoms with Crippen molar-refractivity contribution in [3.63, 3.8) is 0 Å². The Labute approximate surface area is 120 Å². The molecule has 0 aliphatic rings. The van der Waals surface area contributed by atoms with Gasteiger partial charge in [-0.1, -0.05) is 37.3 Å². The second kappa shape index (κ2) is 5.85. The summed E-state index contributed by atoms with van der Waals surface area (Å²) in [6, 6.07) is 8.50. The molecule has 0 aliphatic carbocycles. The van der Waals surface area contributed by atoms with E-state index in [0.717, 1.165) is 11.1 Å². The molecule has 0 radical (unpaired) electrons. The number of aryl methyl sites for hydroxylation is 1. The Morgan fingerprint density at radius 1 is 1.00 bits per heavy atom. The maximum Gasteiger partial charge on any atom is 0.407 e. The van der Waals surface area contributed by atoms with Crippen molar-refractivity contribution in [2.24, 2.45) is 5.73 Å². The molecule has 112 valence electrons. The molecule has 2 aromatic carbocycles. The molecule has 0 aliphatic heterocycles. The first-order valence-corrected chi connectivity index (χ1v) is 6.54. The van der Waals surface area contributed by atoms with Gasteiger partial charge in [-0.3, -0.25) is 0 Å². The molecule has 0 saturated heterocycles. The van der Waals surface area contributed by atoms with E-state index in [0.29, 0.717) is 12.0 Å². The van der Waals surface area contributed by atoms with Crippen molar-refractivity contribution in [3.8, 4) is 11.1 Å². The highest BCUT2D eigenvalue weighted by Crippen LogP contribution is 2.31. The molecule has 5 heteroatoms. The fourth-order valence-electron chi connectivity index (χ4n) is 2.10. The van der Waals surface area contributed by atoms with Gasteiger partial charge in [-0.15, -0.1) is 0 Å². The van der Waals surface area contributed by atoms with Crippen LogP contribution >= 0.6 is 0 Å². The average molecular weight is 297 g/mol. The first-order valence-electron chi connectivity index (χ1n) is 6.54. The monoisotopic (exact) mass is 297 g/mol. The molecule has 0 bridgehead atoms. The quantitative estimate of drug-likeness (QED) is 0.822. The zero-order chi connectivity index (χ0) is 15.6. The summed E-state index contributed by atoms with van der Waals surface area (Å²) in [7, 11) is 0. The van der Waals surface area contributed by atoms with Gasteiger partial charge in [0.05, 0.1) is 0 Å². The highest BCUT2D eigenvalue weighted by Gasteiger charge is 2.37. The first kappa shape index (κ1) is 15.5. The molecular formula is C16H15F4N. The van der Waals surface area contributed by atoms with E-state index in [1.807, 2.05) is 6.92 Å². The summed E-state index contributed by atoms with van der Waals surface area (Å²) in [5.41, 5.74) is 7.22. The lowest BCUT2D eigenvalue weighted by Gasteiger charge is -2.16. The van der Waals surface area contributed by atoms with Crippen LogP contribution in [0.15, 0.2) is 42.5 Å². The zero-order valence-electron chi connectivity index (χ0n) is 11.4. The number of halogens is 4. The number of rotatable bonds is 3. The minimum Gasteiger partial charge on any atom is -0.316 e. The maximum atomic E-state index is 13.4. The van der Waals surface area contributed by atoms with Gasteiger partial charge >= 0.3 is 6.18 Å². The van der Waals surface area contributed by atoms with Gasteiger partial charge in [0.25, 0.3) is 0 Å². The molecule has 0 spiro atoms. The number of benzene rings is 2. The van der Waals surface area contributed by atoms with Crippen molar-refractivity contribution in [1.82, 2.24) is 0 Å². The fourth-order valence-corrected chi connectivity index (χ4v) is 2.10. The van der Waals surface area contributed by atoms with E-state index in [1.165, 1.54) is 18.2 Å². The third kappa shape index (κ3) is 3.42. The van der Waals surface area contributed by atoms with Gasteiger partial charge in [0.15, 0.2) is 0 Å². The van der Waals surface area contributed by atoms with Gasteiger partial charge in [-0.25, -0.2) is 4.39 Å². The molecule has 1 atom stereocenters. The Hall–Kier alpha value is -1.88. The Balaban J connectivity index is 2.31. The van der Waals surface area contributed by atoms with Crippen molar-refractivity contribution < 1.29 is 17.6 Å². The van der Waals surface area contributed by atoms with Crippen molar-refractivity contribution in [1.29, 1.82) is 0 Å². The van der Waals surface area contributed by atoms with E-state index in [4.69, 9.17) is 5.73 Å². The van der Waals surface area contributed by atoms with Gasteiger partial charge in [-0.2, -0.15) is 13.2 Å². The molecule has 2 N–H and O–H groups in total. The third-order valence-corrected chi connectivity index (χ3v) is 3.38. The van der Waals surface area contributed by atoms with E-state index >= 15 is 0 Å². The van der Waals surface area contributed by atoms with E-state index in [9.17, 15) is 17.6 Å². The van der Waals surface area contributed by atoms with Crippen molar-refractivity contribution in [3.05, 3.63) is 59.4 Å². The Kier molecular flexibility index (Phi) is 4.32. The van der Waals surface area contributed by atoms with E-state index < -0.39 is 12.2 Å². The predicted octanol–water partition coefficient (Wildman–Crippen LogP) is 4.62. The second-order valence-electron chi connectivity index (χ2n) is 4.80. The van der Waals surface area contributed by atoms with Gasteiger partial charge < -0.3 is 5.73 Å². The zero-order valence-corrected chi connectivity index (χ0v) is 11.4. The topological polar surface area (TPSA) is 26.0 Å². The third-order valence-electron chi connectivity index (χ3n) is 3.38. The van der Waals surface area contributed by atoms with Gasteiger partial charge in [0.1, 0.15) is 11.9 Å². The van der Waals surface area contributed by atoms with Crippen LogP contribution in [0.3, 0.4) is 0 Å². The molecule has 1 nitrogen and oxygen atoms in total. The largest absolute Gasteiger partial charge is 0.407 e. The van der Waals surface area contributed by atoms with Crippen LogP contribution in [-0.4, -0.2) is 6.18 Å². The Morgan fingerprint density at radius 3 is 2.10 bits per heavy atom. The summed E-state index contributed by atoms with van der Waals surface area (Å²) in [5, 5.41) is 0. The lowest BCUT2D eigenvalue weighted by atomic mass is 9.99. The molecule has 2 rings (SSSR count). The van der Waals surface area contributed by atoms with Crippen LogP contribution in [0, 0.1) is 5.82 Å². The molecule has 0 heterocycles. The molecule has 2 aromatic rings. The van der Waals surface area contributed by atoms with Crippen LogP contribution in [0.25, 0.3) is 11.1 Å². The van der Waals surface area contributed by atoms with Crippen LogP contribution in [0.4, 0.5) is 17.6 Å². The molecule has 21 heavy (non-hydrogen) atoms. The molecule has 0 saturated carbocycles. The minimum atomic E-state index is -4.47. The Morgan fingerprint density at radius 2 is 1.57 bits per heavy atom. The summed E-state index contributed by atoms with van der Waals surface area (Å²) in [4.78, 5) is 0. The van der Waals surface area contributed by atoms with Crippen LogP contribution in [0.5, 0.6) is 0 Å². The molecule has 0 aromatic heterocycles. The van der Waals surface area contributed by atoms with Crippen molar-refractivity contribution in [2.75, 3.05) is 0 Å².